The second kappa shape index (κ2) is 11.0. The van der Waals surface area contributed by atoms with Crippen molar-refractivity contribution >= 4 is 29.3 Å². The molecule has 2 aliphatic rings. The highest BCUT2D eigenvalue weighted by molar-refractivity contribution is 6.30. The molecule has 2 saturated heterocycles. The van der Waals surface area contributed by atoms with Crippen molar-refractivity contribution in [2.75, 3.05) is 26.2 Å². The van der Waals surface area contributed by atoms with Crippen molar-refractivity contribution in [2.24, 2.45) is 5.92 Å². The van der Waals surface area contributed by atoms with Gasteiger partial charge in [0.25, 0.3) is 11.8 Å². The molecule has 2 fully saturated rings. The molecular formula is C27H32ClN3O3. The molecule has 0 aliphatic carbocycles. The van der Waals surface area contributed by atoms with Gasteiger partial charge in [-0.1, -0.05) is 29.8 Å². The molecule has 0 unspecified atom stereocenters. The molecule has 2 heterocycles. The van der Waals surface area contributed by atoms with Crippen LogP contribution >= 0.6 is 11.6 Å². The zero-order valence-corrected chi connectivity index (χ0v) is 20.4. The fraction of sp³-hybridized carbons (Fsp3) is 0.444. The van der Waals surface area contributed by atoms with Gasteiger partial charge in [-0.25, -0.2) is 0 Å². The third kappa shape index (κ3) is 5.61. The van der Waals surface area contributed by atoms with Crippen molar-refractivity contribution in [1.82, 2.24) is 15.1 Å². The third-order valence-electron chi connectivity index (χ3n) is 7.00. The molecule has 0 aromatic heterocycles. The number of piperidine rings is 2. The Bertz CT molecular complexity index is 1030. The molecule has 1 atom stereocenters. The van der Waals surface area contributed by atoms with E-state index in [0.717, 1.165) is 37.9 Å². The summed E-state index contributed by atoms with van der Waals surface area (Å²) in [4.78, 5) is 43.3. The van der Waals surface area contributed by atoms with Crippen LogP contribution in [-0.4, -0.2) is 59.7 Å². The minimum Gasteiger partial charge on any atom is -0.341 e. The smallest absolute Gasteiger partial charge is 0.253 e. The van der Waals surface area contributed by atoms with Gasteiger partial charge < -0.3 is 15.1 Å². The molecule has 0 radical (unpaired) electrons. The molecule has 4 rings (SSSR count). The maximum absolute atomic E-state index is 13.5. The number of amides is 3. The Hall–Kier alpha value is -2.86. The number of aryl methyl sites for hydroxylation is 1. The third-order valence-corrected chi connectivity index (χ3v) is 7.25. The molecular weight excluding hydrogens is 450 g/mol. The largest absolute Gasteiger partial charge is 0.341 e. The van der Waals surface area contributed by atoms with E-state index in [2.05, 4.69) is 5.32 Å². The molecule has 3 amide bonds. The van der Waals surface area contributed by atoms with Crippen molar-refractivity contribution < 1.29 is 14.4 Å². The van der Waals surface area contributed by atoms with E-state index in [0.29, 0.717) is 42.1 Å². The maximum atomic E-state index is 13.5. The van der Waals surface area contributed by atoms with E-state index < -0.39 is 6.04 Å². The van der Waals surface area contributed by atoms with E-state index in [4.69, 9.17) is 11.6 Å². The number of nitrogens with zero attached hydrogens (tertiary/aromatic N) is 2. The standard InChI is InChI=1S/C27H32ClN3O3/c1-19-7-3-4-8-23(19)25(32)29-24(27(34)30-15-5-2-6-16-30)20-13-17-31(18-14-20)26(33)21-9-11-22(28)12-10-21/h3-4,7-12,20,24H,2,5-6,13-18H2,1H3,(H,29,32)/t24-/m1/s1. The van der Waals surface area contributed by atoms with Crippen LogP contribution in [0.1, 0.15) is 58.4 Å². The lowest BCUT2D eigenvalue weighted by Gasteiger charge is -2.38. The van der Waals surface area contributed by atoms with Crippen LogP contribution in [0.25, 0.3) is 0 Å². The number of halogens is 1. The molecule has 2 aromatic rings. The Balaban J connectivity index is 1.47. The lowest BCUT2D eigenvalue weighted by atomic mass is 9.87. The fourth-order valence-corrected chi connectivity index (χ4v) is 5.08. The Kier molecular flexibility index (Phi) is 7.88. The number of hydrogen-bond donors (Lipinski definition) is 1. The van der Waals surface area contributed by atoms with Gasteiger partial charge in [-0.05, 0) is 80.8 Å². The molecule has 0 spiro atoms. The topological polar surface area (TPSA) is 69.7 Å². The number of benzene rings is 2. The number of carbonyl (C=O) groups excluding carboxylic acids is 3. The summed E-state index contributed by atoms with van der Waals surface area (Å²) in [5.74, 6) is -0.258. The Morgan fingerprint density at radius 1 is 0.882 bits per heavy atom. The van der Waals surface area contributed by atoms with Crippen LogP contribution in [0, 0.1) is 12.8 Å². The molecule has 0 bridgehead atoms. The summed E-state index contributed by atoms with van der Waals surface area (Å²) >= 11 is 5.95. The highest BCUT2D eigenvalue weighted by atomic mass is 35.5. The summed E-state index contributed by atoms with van der Waals surface area (Å²) in [5.41, 5.74) is 2.08. The van der Waals surface area contributed by atoms with Crippen LogP contribution in [-0.2, 0) is 4.79 Å². The average molecular weight is 482 g/mol. The van der Waals surface area contributed by atoms with Gasteiger partial charge in [-0.15, -0.1) is 0 Å². The van der Waals surface area contributed by atoms with Crippen molar-refractivity contribution in [3.8, 4) is 0 Å². The van der Waals surface area contributed by atoms with Gasteiger partial charge in [0.1, 0.15) is 6.04 Å². The molecule has 2 aromatic carbocycles. The summed E-state index contributed by atoms with van der Waals surface area (Å²) in [5, 5.41) is 3.67. The van der Waals surface area contributed by atoms with Crippen LogP contribution < -0.4 is 5.32 Å². The lowest BCUT2D eigenvalue weighted by molar-refractivity contribution is -0.136. The van der Waals surface area contributed by atoms with Gasteiger partial charge in [0.2, 0.25) is 5.91 Å². The van der Waals surface area contributed by atoms with Crippen LogP contribution in [0.3, 0.4) is 0 Å². The van der Waals surface area contributed by atoms with Crippen molar-refractivity contribution in [3.63, 3.8) is 0 Å². The molecule has 1 N–H and O–H groups in total. The predicted octanol–water partition coefficient (Wildman–Crippen LogP) is 4.31. The van der Waals surface area contributed by atoms with E-state index in [1.54, 1.807) is 30.3 Å². The molecule has 2 aliphatic heterocycles. The van der Waals surface area contributed by atoms with Gasteiger partial charge >= 0.3 is 0 Å². The normalized spacial score (nSPS) is 17.8. The van der Waals surface area contributed by atoms with E-state index in [1.165, 1.54) is 0 Å². The summed E-state index contributed by atoms with van der Waals surface area (Å²) in [6.07, 6.45) is 4.46. The Labute approximate surface area is 206 Å². The minimum absolute atomic E-state index is 0.00381. The first kappa shape index (κ1) is 24.3. The number of likely N-dealkylation sites (tertiary alicyclic amines) is 2. The zero-order chi connectivity index (χ0) is 24.1. The van der Waals surface area contributed by atoms with Gasteiger partial charge in [-0.3, -0.25) is 14.4 Å². The summed E-state index contributed by atoms with van der Waals surface area (Å²) in [6.45, 7) is 4.48. The lowest BCUT2D eigenvalue weighted by Crippen LogP contribution is -2.55. The number of nitrogens with one attached hydrogen (secondary N) is 1. The number of rotatable bonds is 5. The van der Waals surface area contributed by atoms with Crippen LogP contribution in [0.5, 0.6) is 0 Å². The molecule has 34 heavy (non-hydrogen) atoms. The van der Waals surface area contributed by atoms with E-state index in [-0.39, 0.29) is 23.6 Å². The monoisotopic (exact) mass is 481 g/mol. The van der Waals surface area contributed by atoms with Crippen molar-refractivity contribution in [1.29, 1.82) is 0 Å². The van der Waals surface area contributed by atoms with E-state index in [9.17, 15) is 14.4 Å². The van der Waals surface area contributed by atoms with Crippen LogP contribution in [0.15, 0.2) is 48.5 Å². The summed E-state index contributed by atoms with van der Waals surface area (Å²) < 4.78 is 0. The predicted molar refractivity (Wildman–Crippen MR) is 133 cm³/mol. The van der Waals surface area contributed by atoms with Crippen LogP contribution in [0.2, 0.25) is 5.02 Å². The molecule has 180 valence electrons. The zero-order valence-electron chi connectivity index (χ0n) is 19.6. The molecule has 7 heteroatoms. The molecule has 0 saturated carbocycles. The highest BCUT2D eigenvalue weighted by Crippen LogP contribution is 2.25. The molecule has 6 nitrogen and oxygen atoms in total. The van der Waals surface area contributed by atoms with E-state index in [1.807, 2.05) is 34.9 Å². The second-order valence-corrected chi connectivity index (χ2v) is 9.72. The van der Waals surface area contributed by atoms with E-state index >= 15 is 0 Å². The first-order valence-corrected chi connectivity index (χ1v) is 12.5. The Morgan fingerprint density at radius 2 is 1.53 bits per heavy atom. The summed E-state index contributed by atoms with van der Waals surface area (Å²) in [7, 11) is 0. The van der Waals surface area contributed by atoms with Crippen molar-refractivity contribution in [2.45, 2.75) is 45.1 Å². The summed E-state index contributed by atoms with van der Waals surface area (Å²) in [6, 6.07) is 13.8. The average Bonchev–Trinajstić information content (AvgIpc) is 2.88. The minimum atomic E-state index is -0.585. The van der Waals surface area contributed by atoms with Gasteiger partial charge in [-0.2, -0.15) is 0 Å². The Morgan fingerprint density at radius 3 is 2.18 bits per heavy atom. The van der Waals surface area contributed by atoms with Gasteiger partial charge in [0.15, 0.2) is 0 Å². The van der Waals surface area contributed by atoms with Gasteiger partial charge in [0.05, 0.1) is 0 Å². The highest BCUT2D eigenvalue weighted by Gasteiger charge is 2.36. The second-order valence-electron chi connectivity index (χ2n) is 9.29. The van der Waals surface area contributed by atoms with Crippen molar-refractivity contribution in [3.05, 3.63) is 70.2 Å². The van der Waals surface area contributed by atoms with Gasteiger partial charge in [0, 0.05) is 42.3 Å². The maximum Gasteiger partial charge on any atom is 0.253 e. The fourth-order valence-electron chi connectivity index (χ4n) is 4.95. The number of hydrogen-bond acceptors (Lipinski definition) is 3. The number of carbonyl (C=O) groups is 3. The SMILES string of the molecule is Cc1ccccc1C(=O)N[C@@H](C(=O)N1CCCCC1)C1CCN(C(=O)c2ccc(Cl)cc2)CC1. The van der Waals surface area contributed by atoms with Crippen LogP contribution in [0.4, 0.5) is 0 Å². The first-order valence-electron chi connectivity index (χ1n) is 12.1. The first-order chi connectivity index (χ1) is 16.4. The quantitative estimate of drug-likeness (QED) is 0.691.